The largest absolute Gasteiger partial charge is 0.389 e. The Kier molecular flexibility index (Phi) is 5.26. The molecule has 0 aliphatic carbocycles. The van der Waals surface area contributed by atoms with Gasteiger partial charge in [-0.15, -0.1) is 0 Å². The first-order valence-corrected chi connectivity index (χ1v) is 8.13. The highest BCUT2D eigenvalue weighted by Crippen LogP contribution is 2.33. The molecule has 1 N–H and O–H groups in total. The summed E-state index contributed by atoms with van der Waals surface area (Å²) in [5.41, 5.74) is 2.37. The maximum absolute atomic E-state index is 13.8. The lowest BCUT2D eigenvalue weighted by Crippen LogP contribution is -2.26. The van der Waals surface area contributed by atoms with E-state index in [4.69, 9.17) is 0 Å². The molecule has 21 heavy (non-hydrogen) atoms. The molecular formula is C18H28FNO. The van der Waals surface area contributed by atoms with E-state index in [1.54, 1.807) is 13.8 Å². The predicted molar refractivity (Wildman–Crippen MR) is 86.2 cm³/mol. The van der Waals surface area contributed by atoms with Crippen molar-refractivity contribution < 1.29 is 9.50 Å². The molecule has 1 fully saturated rings. The van der Waals surface area contributed by atoms with Gasteiger partial charge in [-0.3, -0.25) is 0 Å². The molecule has 1 heterocycles. The van der Waals surface area contributed by atoms with E-state index >= 15 is 0 Å². The lowest BCUT2D eigenvalue weighted by molar-refractivity contribution is 0.199. The Morgan fingerprint density at radius 2 is 1.90 bits per heavy atom. The molecule has 2 unspecified atom stereocenters. The maximum Gasteiger partial charge on any atom is 0.126 e. The maximum atomic E-state index is 13.8. The minimum absolute atomic E-state index is 0.232. The van der Waals surface area contributed by atoms with Gasteiger partial charge in [-0.2, -0.15) is 0 Å². The predicted octanol–water partition coefficient (Wildman–Crippen LogP) is 4.45. The van der Waals surface area contributed by atoms with Crippen LogP contribution >= 0.6 is 0 Å². The van der Waals surface area contributed by atoms with E-state index in [0.717, 1.165) is 30.6 Å². The summed E-state index contributed by atoms with van der Waals surface area (Å²) in [4.78, 5) is 2.33. The van der Waals surface area contributed by atoms with E-state index in [2.05, 4.69) is 18.7 Å². The van der Waals surface area contributed by atoms with Crippen LogP contribution in [0.15, 0.2) is 12.1 Å². The number of hydrogen-bond acceptors (Lipinski definition) is 2. The summed E-state index contributed by atoms with van der Waals surface area (Å²) in [7, 11) is 0. The molecule has 0 radical (unpaired) electrons. The second-order valence-corrected chi connectivity index (χ2v) is 6.76. The third-order valence-corrected chi connectivity index (χ3v) is 4.81. The summed E-state index contributed by atoms with van der Waals surface area (Å²) in [5, 5.41) is 9.97. The topological polar surface area (TPSA) is 23.5 Å². The van der Waals surface area contributed by atoms with Crippen molar-refractivity contribution in [3.05, 3.63) is 29.1 Å². The monoisotopic (exact) mass is 293 g/mol. The molecule has 0 amide bonds. The highest BCUT2D eigenvalue weighted by atomic mass is 19.1. The fraction of sp³-hybridized carbons (Fsp3) is 0.667. The van der Waals surface area contributed by atoms with Crippen molar-refractivity contribution in [2.75, 3.05) is 18.0 Å². The molecule has 0 bridgehead atoms. The smallest absolute Gasteiger partial charge is 0.126 e. The van der Waals surface area contributed by atoms with E-state index in [-0.39, 0.29) is 5.82 Å². The normalized spacial score (nSPS) is 21.5. The summed E-state index contributed by atoms with van der Waals surface area (Å²) >= 11 is 0. The van der Waals surface area contributed by atoms with Gasteiger partial charge < -0.3 is 10.0 Å². The zero-order valence-electron chi connectivity index (χ0n) is 13.7. The van der Waals surface area contributed by atoms with Gasteiger partial charge in [0, 0.05) is 24.3 Å². The molecule has 2 rings (SSSR count). The molecule has 1 aliphatic heterocycles. The molecule has 3 heteroatoms. The first kappa shape index (κ1) is 16.3. The average Bonchev–Trinajstić information content (AvgIpc) is 2.67. The Balaban J connectivity index is 2.27. The van der Waals surface area contributed by atoms with E-state index in [1.807, 2.05) is 6.07 Å². The summed E-state index contributed by atoms with van der Waals surface area (Å²) in [6, 6.07) is 3.40. The first-order chi connectivity index (χ1) is 9.90. The van der Waals surface area contributed by atoms with Gasteiger partial charge in [0.1, 0.15) is 5.82 Å². The third-order valence-electron chi connectivity index (χ3n) is 4.81. The zero-order chi connectivity index (χ0) is 15.6. The Labute approximate surface area is 128 Å². The van der Waals surface area contributed by atoms with Crippen LogP contribution in [-0.2, 0) is 0 Å². The standard InChI is InChI=1S/C18H28FNO/c1-12(2)15-6-5-8-20(9-7-15)18-10-13(3)17(19)11-16(18)14(4)21/h10-12,14-15,21H,5-9H2,1-4H3. The Hall–Kier alpha value is -1.09. The van der Waals surface area contributed by atoms with Crippen molar-refractivity contribution in [3.63, 3.8) is 0 Å². The fourth-order valence-electron chi connectivity index (χ4n) is 3.32. The Bertz CT molecular complexity index is 484. The van der Waals surface area contributed by atoms with Crippen LogP contribution in [0.2, 0.25) is 0 Å². The van der Waals surface area contributed by atoms with Gasteiger partial charge in [0.2, 0.25) is 0 Å². The molecular weight excluding hydrogens is 265 g/mol. The van der Waals surface area contributed by atoms with Gasteiger partial charge in [0.15, 0.2) is 0 Å². The van der Waals surface area contributed by atoms with Gasteiger partial charge in [0.25, 0.3) is 0 Å². The molecule has 1 saturated heterocycles. The molecule has 1 aromatic carbocycles. The van der Waals surface area contributed by atoms with E-state index in [0.29, 0.717) is 11.1 Å². The number of anilines is 1. The number of aliphatic hydroxyl groups is 1. The van der Waals surface area contributed by atoms with Gasteiger partial charge in [0.05, 0.1) is 6.10 Å². The molecule has 118 valence electrons. The molecule has 1 aliphatic rings. The van der Waals surface area contributed by atoms with Crippen LogP contribution in [0, 0.1) is 24.6 Å². The molecule has 2 nitrogen and oxygen atoms in total. The first-order valence-electron chi connectivity index (χ1n) is 8.13. The van der Waals surface area contributed by atoms with Gasteiger partial charge >= 0.3 is 0 Å². The van der Waals surface area contributed by atoms with E-state index < -0.39 is 6.10 Å². The van der Waals surface area contributed by atoms with Gasteiger partial charge in [-0.05, 0) is 62.6 Å². The average molecular weight is 293 g/mol. The number of rotatable bonds is 3. The lowest BCUT2D eigenvalue weighted by Gasteiger charge is -2.27. The van der Waals surface area contributed by atoms with Crippen LogP contribution in [0.4, 0.5) is 10.1 Å². The quantitative estimate of drug-likeness (QED) is 0.890. The van der Waals surface area contributed by atoms with E-state index in [1.165, 1.54) is 25.3 Å². The zero-order valence-corrected chi connectivity index (χ0v) is 13.7. The number of aryl methyl sites for hydroxylation is 1. The minimum Gasteiger partial charge on any atom is -0.389 e. The van der Waals surface area contributed by atoms with Gasteiger partial charge in [-0.1, -0.05) is 13.8 Å². The fourth-order valence-corrected chi connectivity index (χ4v) is 3.32. The summed E-state index contributed by atoms with van der Waals surface area (Å²) < 4.78 is 13.8. The molecule has 1 aromatic rings. The summed E-state index contributed by atoms with van der Waals surface area (Å²) in [5.74, 6) is 1.26. The number of halogens is 1. The Morgan fingerprint density at radius 1 is 1.19 bits per heavy atom. The molecule has 2 atom stereocenters. The summed E-state index contributed by atoms with van der Waals surface area (Å²) in [6.07, 6.45) is 2.96. The number of benzene rings is 1. The third kappa shape index (κ3) is 3.76. The highest BCUT2D eigenvalue weighted by Gasteiger charge is 2.22. The van der Waals surface area contributed by atoms with Crippen molar-refractivity contribution >= 4 is 5.69 Å². The van der Waals surface area contributed by atoms with Crippen LogP contribution in [0.3, 0.4) is 0 Å². The minimum atomic E-state index is -0.640. The van der Waals surface area contributed by atoms with Crippen LogP contribution in [-0.4, -0.2) is 18.2 Å². The van der Waals surface area contributed by atoms with Gasteiger partial charge in [-0.25, -0.2) is 4.39 Å². The van der Waals surface area contributed by atoms with Crippen LogP contribution < -0.4 is 4.90 Å². The van der Waals surface area contributed by atoms with Crippen LogP contribution in [0.1, 0.15) is 57.3 Å². The molecule has 0 aromatic heterocycles. The number of nitrogens with zero attached hydrogens (tertiary/aromatic N) is 1. The van der Waals surface area contributed by atoms with Crippen molar-refractivity contribution in [1.29, 1.82) is 0 Å². The molecule has 0 spiro atoms. The summed E-state index contributed by atoms with van der Waals surface area (Å²) in [6.45, 7) is 10.1. The second-order valence-electron chi connectivity index (χ2n) is 6.76. The van der Waals surface area contributed by atoms with Crippen LogP contribution in [0.5, 0.6) is 0 Å². The molecule has 0 saturated carbocycles. The second kappa shape index (κ2) is 6.78. The highest BCUT2D eigenvalue weighted by molar-refractivity contribution is 5.57. The Morgan fingerprint density at radius 3 is 2.52 bits per heavy atom. The number of aliphatic hydroxyl groups excluding tert-OH is 1. The van der Waals surface area contributed by atoms with Crippen molar-refractivity contribution in [2.45, 2.75) is 53.1 Å². The lowest BCUT2D eigenvalue weighted by atomic mass is 9.89. The number of hydrogen-bond donors (Lipinski definition) is 1. The SMILES string of the molecule is Cc1cc(N2CCCC(C(C)C)CC2)c(C(C)O)cc1F. The van der Waals surface area contributed by atoms with E-state index in [9.17, 15) is 9.50 Å². The van der Waals surface area contributed by atoms with Crippen molar-refractivity contribution in [1.82, 2.24) is 0 Å². The van der Waals surface area contributed by atoms with Crippen molar-refractivity contribution in [3.8, 4) is 0 Å². The van der Waals surface area contributed by atoms with Crippen LogP contribution in [0.25, 0.3) is 0 Å². The van der Waals surface area contributed by atoms with Crippen molar-refractivity contribution in [2.24, 2.45) is 11.8 Å².